The van der Waals surface area contributed by atoms with Crippen LogP contribution in [-0.2, 0) is 13.1 Å². The molecule has 7 nitrogen and oxygen atoms in total. The first-order valence-corrected chi connectivity index (χ1v) is 8.98. The molecule has 1 heterocycles. The number of rotatable bonds is 7. The van der Waals surface area contributed by atoms with Gasteiger partial charge in [0.15, 0.2) is 5.96 Å². The predicted octanol–water partition coefficient (Wildman–Crippen LogP) is 4.47. The minimum Gasteiger partial charge on any atom is -0.434 e. The predicted molar refractivity (Wildman–Crippen MR) is 120 cm³/mol. The van der Waals surface area contributed by atoms with Gasteiger partial charge < -0.3 is 19.9 Å². The van der Waals surface area contributed by atoms with Crippen molar-refractivity contribution in [2.75, 3.05) is 7.05 Å². The number of aliphatic imine (C=N–C) groups is 1. The summed E-state index contributed by atoms with van der Waals surface area (Å²) in [6.07, 6.45) is 0. The molecule has 0 aliphatic rings. The zero-order valence-electron chi connectivity index (χ0n) is 15.8. The van der Waals surface area contributed by atoms with Crippen molar-refractivity contribution < 1.29 is 18.0 Å². The van der Waals surface area contributed by atoms with Gasteiger partial charge in [0.05, 0.1) is 6.54 Å². The van der Waals surface area contributed by atoms with Gasteiger partial charge in [0, 0.05) is 29.7 Å². The maximum Gasteiger partial charge on any atom is 0.387 e. The lowest BCUT2D eigenvalue weighted by molar-refractivity contribution is -0.0504. The molecule has 0 bridgehead atoms. The first-order chi connectivity index (χ1) is 14.0. The Balaban J connectivity index is 0.00000320. The summed E-state index contributed by atoms with van der Waals surface area (Å²) >= 11 is 5.97. The van der Waals surface area contributed by atoms with E-state index in [9.17, 15) is 8.78 Å². The topological polar surface area (TPSA) is 84.6 Å². The second-order valence-electron chi connectivity index (χ2n) is 5.79. The number of halogens is 4. The molecule has 0 aliphatic heterocycles. The highest BCUT2D eigenvalue weighted by atomic mass is 127. The number of para-hydroxylation sites is 1. The Morgan fingerprint density at radius 1 is 1.17 bits per heavy atom. The molecule has 0 atom stereocenters. The van der Waals surface area contributed by atoms with Crippen molar-refractivity contribution in [1.82, 2.24) is 20.8 Å². The fourth-order valence-corrected chi connectivity index (χ4v) is 2.68. The Kier molecular flexibility index (Phi) is 9.24. The van der Waals surface area contributed by atoms with E-state index in [0.29, 0.717) is 28.3 Å². The standard InChI is InChI=1S/C19H18ClF2N5O2.HI/c1-23-19(24-10-13-5-2-3-8-15(13)28-18(21)22)25-11-16-26-17(27-29-16)12-6-4-7-14(20)9-12;/h2-9,18H,10-11H2,1H3,(H2,23,24,25);1H. The summed E-state index contributed by atoms with van der Waals surface area (Å²) in [4.78, 5) is 8.39. The maximum atomic E-state index is 12.5. The summed E-state index contributed by atoms with van der Waals surface area (Å²) in [5.41, 5.74) is 1.31. The fraction of sp³-hybridized carbons (Fsp3) is 0.211. The Bertz CT molecular complexity index is 987. The third kappa shape index (κ3) is 6.80. The van der Waals surface area contributed by atoms with Crippen molar-refractivity contribution in [1.29, 1.82) is 0 Å². The van der Waals surface area contributed by atoms with Gasteiger partial charge in [0.2, 0.25) is 11.7 Å². The third-order valence-corrected chi connectivity index (χ3v) is 4.05. The molecule has 0 spiro atoms. The van der Waals surface area contributed by atoms with E-state index in [0.717, 1.165) is 5.56 Å². The van der Waals surface area contributed by atoms with E-state index in [1.807, 2.05) is 6.07 Å². The van der Waals surface area contributed by atoms with E-state index in [1.165, 1.54) is 6.07 Å². The Labute approximate surface area is 193 Å². The molecular formula is C19H19ClF2IN5O2. The lowest BCUT2D eigenvalue weighted by Gasteiger charge is -2.13. The molecule has 2 aromatic carbocycles. The number of hydrogen-bond donors (Lipinski definition) is 2. The molecule has 0 saturated heterocycles. The van der Waals surface area contributed by atoms with E-state index in [-0.39, 0.29) is 42.8 Å². The minimum atomic E-state index is -2.89. The number of alkyl halides is 2. The molecule has 2 N–H and O–H groups in total. The normalized spacial score (nSPS) is 11.2. The van der Waals surface area contributed by atoms with E-state index in [4.69, 9.17) is 16.1 Å². The summed E-state index contributed by atoms with van der Waals surface area (Å²) in [6.45, 7) is -2.43. The van der Waals surface area contributed by atoms with Crippen LogP contribution in [-0.4, -0.2) is 29.8 Å². The number of hydrogen-bond acceptors (Lipinski definition) is 5. The molecule has 3 aromatic rings. The second kappa shape index (κ2) is 11.6. The van der Waals surface area contributed by atoms with Crippen LogP contribution in [0.5, 0.6) is 5.75 Å². The maximum absolute atomic E-state index is 12.5. The van der Waals surface area contributed by atoms with Crippen LogP contribution < -0.4 is 15.4 Å². The highest BCUT2D eigenvalue weighted by Crippen LogP contribution is 2.21. The van der Waals surface area contributed by atoms with Crippen LogP contribution in [0.4, 0.5) is 8.78 Å². The van der Waals surface area contributed by atoms with Crippen molar-refractivity contribution in [2.45, 2.75) is 19.7 Å². The highest BCUT2D eigenvalue weighted by Gasteiger charge is 2.11. The summed E-state index contributed by atoms with van der Waals surface area (Å²) < 4.78 is 34.8. The van der Waals surface area contributed by atoms with Gasteiger partial charge in [-0.2, -0.15) is 13.8 Å². The van der Waals surface area contributed by atoms with Gasteiger partial charge in [-0.15, -0.1) is 24.0 Å². The number of nitrogens with one attached hydrogen (secondary N) is 2. The van der Waals surface area contributed by atoms with Crippen LogP contribution >= 0.6 is 35.6 Å². The van der Waals surface area contributed by atoms with E-state index >= 15 is 0 Å². The lowest BCUT2D eigenvalue weighted by atomic mass is 10.2. The molecule has 0 amide bonds. The van der Waals surface area contributed by atoms with Crippen molar-refractivity contribution in [3.8, 4) is 17.1 Å². The number of benzene rings is 2. The van der Waals surface area contributed by atoms with Crippen LogP contribution in [0.25, 0.3) is 11.4 Å². The SMILES string of the molecule is CN=C(NCc1nc(-c2cccc(Cl)c2)no1)NCc1ccccc1OC(F)F.I. The summed E-state index contributed by atoms with van der Waals surface area (Å²) in [6, 6.07) is 13.7. The number of ether oxygens (including phenoxy) is 1. The fourth-order valence-electron chi connectivity index (χ4n) is 2.49. The Hall–Kier alpha value is -2.47. The van der Waals surface area contributed by atoms with E-state index < -0.39 is 6.61 Å². The third-order valence-electron chi connectivity index (χ3n) is 3.82. The average molecular weight is 550 g/mol. The molecule has 0 aliphatic carbocycles. The lowest BCUT2D eigenvalue weighted by Crippen LogP contribution is -2.36. The molecule has 0 radical (unpaired) electrons. The minimum absolute atomic E-state index is 0. The largest absolute Gasteiger partial charge is 0.434 e. The molecule has 1 aromatic heterocycles. The van der Waals surface area contributed by atoms with Gasteiger partial charge in [0.25, 0.3) is 0 Å². The molecule has 160 valence electrons. The molecule has 0 fully saturated rings. The zero-order valence-corrected chi connectivity index (χ0v) is 18.9. The molecule has 0 unspecified atom stereocenters. The molecular weight excluding hydrogens is 531 g/mol. The van der Waals surface area contributed by atoms with Crippen LogP contribution in [0.15, 0.2) is 58.0 Å². The van der Waals surface area contributed by atoms with Crippen molar-refractivity contribution in [2.24, 2.45) is 4.99 Å². The van der Waals surface area contributed by atoms with E-state index in [1.54, 1.807) is 43.4 Å². The second-order valence-corrected chi connectivity index (χ2v) is 6.22. The van der Waals surface area contributed by atoms with Crippen LogP contribution in [0.3, 0.4) is 0 Å². The van der Waals surface area contributed by atoms with Gasteiger partial charge in [0.1, 0.15) is 5.75 Å². The van der Waals surface area contributed by atoms with Gasteiger partial charge in [-0.25, -0.2) is 0 Å². The van der Waals surface area contributed by atoms with Crippen molar-refractivity contribution in [3.05, 3.63) is 65.0 Å². The average Bonchev–Trinajstić information content (AvgIpc) is 3.18. The highest BCUT2D eigenvalue weighted by molar-refractivity contribution is 14.0. The summed E-state index contributed by atoms with van der Waals surface area (Å²) in [7, 11) is 1.59. The van der Waals surface area contributed by atoms with Crippen molar-refractivity contribution in [3.63, 3.8) is 0 Å². The van der Waals surface area contributed by atoms with Crippen LogP contribution in [0.2, 0.25) is 5.02 Å². The first kappa shape index (κ1) is 23.8. The quantitative estimate of drug-likeness (QED) is 0.257. The molecule has 0 saturated carbocycles. The van der Waals surface area contributed by atoms with Gasteiger partial charge in [-0.05, 0) is 18.2 Å². The van der Waals surface area contributed by atoms with Crippen molar-refractivity contribution >= 4 is 41.5 Å². The van der Waals surface area contributed by atoms with Gasteiger partial charge in [-0.1, -0.05) is 47.1 Å². The van der Waals surface area contributed by atoms with Gasteiger partial charge >= 0.3 is 6.61 Å². The molecule has 11 heteroatoms. The zero-order chi connectivity index (χ0) is 20.6. The van der Waals surface area contributed by atoms with Crippen LogP contribution in [0, 0.1) is 0 Å². The molecule has 3 rings (SSSR count). The number of nitrogens with zero attached hydrogens (tertiary/aromatic N) is 3. The van der Waals surface area contributed by atoms with Gasteiger partial charge in [-0.3, -0.25) is 4.99 Å². The summed E-state index contributed by atoms with van der Waals surface area (Å²) in [5.74, 6) is 1.31. The Morgan fingerprint density at radius 3 is 2.67 bits per heavy atom. The number of guanidine groups is 1. The molecule has 30 heavy (non-hydrogen) atoms. The smallest absolute Gasteiger partial charge is 0.387 e. The first-order valence-electron chi connectivity index (χ1n) is 8.61. The monoisotopic (exact) mass is 549 g/mol. The van der Waals surface area contributed by atoms with E-state index in [2.05, 4.69) is 30.5 Å². The Morgan fingerprint density at radius 2 is 1.93 bits per heavy atom. The van der Waals surface area contributed by atoms with Crippen LogP contribution in [0.1, 0.15) is 11.5 Å². The summed E-state index contributed by atoms with van der Waals surface area (Å²) in [5, 5.41) is 10.6. The number of aromatic nitrogens is 2.